The lowest BCUT2D eigenvalue weighted by Crippen LogP contribution is -2.28. The fourth-order valence-corrected chi connectivity index (χ4v) is 3.53. The van der Waals surface area contributed by atoms with E-state index in [1.807, 2.05) is 20.1 Å². The molecule has 8 heteroatoms. The topological polar surface area (TPSA) is 58.2 Å². The zero-order valence-corrected chi connectivity index (χ0v) is 14.6. The van der Waals surface area contributed by atoms with E-state index in [2.05, 4.69) is 10.0 Å². The van der Waals surface area contributed by atoms with Gasteiger partial charge in [0.15, 0.2) is 0 Å². The first kappa shape index (κ1) is 18.7. The highest BCUT2D eigenvalue weighted by Crippen LogP contribution is 2.23. The van der Waals surface area contributed by atoms with E-state index in [9.17, 15) is 12.8 Å². The summed E-state index contributed by atoms with van der Waals surface area (Å²) in [6.45, 7) is 4.31. The molecule has 0 fully saturated rings. The summed E-state index contributed by atoms with van der Waals surface area (Å²) in [6.07, 6.45) is 1.87. The van der Waals surface area contributed by atoms with E-state index in [4.69, 9.17) is 11.6 Å². The Morgan fingerprint density at radius 1 is 1.38 bits per heavy atom. The van der Waals surface area contributed by atoms with E-state index in [1.165, 1.54) is 17.8 Å². The second-order valence-corrected chi connectivity index (χ2v) is 7.96. The molecular weight excluding hydrogens is 335 g/mol. The third kappa shape index (κ3) is 5.75. The Bertz CT molecular complexity index is 580. The molecule has 0 spiro atoms. The highest BCUT2D eigenvalue weighted by atomic mass is 35.5. The van der Waals surface area contributed by atoms with Crippen molar-refractivity contribution < 1.29 is 12.8 Å². The number of benzene rings is 1. The van der Waals surface area contributed by atoms with Crippen LogP contribution < -0.4 is 10.0 Å². The van der Waals surface area contributed by atoms with Crippen LogP contribution in [-0.4, -0.2) is 33.0 Å². The summed E-state index contributed by atoms with van der Waals surface area (Å²) in [7, 11) is -3.90. The summed E-state index contributed by atoms with van der Waals surface area (Å²) in [5.41, 5.74) is 0.237. The van der Waals surface area contributed by atoms with Gasteiger partial charge in [-0.25, -0.2) is 17.5 Å². The largest absolute Gasteiger partial charge is 0.310 e. The van der Waals surface area contributed by atoms with E-state index < -0.39 is 20.7 Å². The summed E-state index contributed by atoms with van der Waals surface area (Å²) in [4.78, 5) is -0.406. The molecule has 120 valence electrons. The van der Waals surface area contributed by atoms with Crippen LogP contribution in [-0.2, 0) is 16.6 Å². The molecule has 1 aromatic rings. The second kappa shape index (κ2) is 8.33. The predicted molar refractivity (Wildman–Crippen MR) is 87.0 cm³/mol. The normalized spacial score (nSPS) is 12.1. The summed E-state index contributed by atoms with van der Waals surface area (Å²) in [6, 6.07) is 2.73. The number of sulfonamides is 1. The molecule has 0 aliphatic carbocycles. The van der Waals surface area contributed by atoms with Gasteiger partial charge in [0, 0.05) is 35.5 Å². The highest BCUT2D eigenvalue weighted by Gasteiger charge is 2.22. The van der Waals surface area contributed by atoms with E-state index in [0.717, 1.165) is 6.07 Å². The maximum Gasteiger partial charge on any atom is 0.243 e. The summed E-state index contributed by atoms with van der Waals surface area (Å²) in [5.74, 6) is -0.146. The van der Waals surface area contributed by atoms with Crippen LogP contribution in [0.25, 0.3) is 0 Å². The van der Waals surface area contributed by atoms with Crippen molar-refractivity contribution in [3.63, 3.8) is 0 Å². The Hall–Kier alpha value is -0.340. The fourth-order valence-electron chi connectivity index (χ4n) is 1.61. The van der Waals surface area contributed by atoms with Gasteiger partial charge >= 0.3 is 0 Å². The number of halogens is 2. The molecule has 0 saturated heterocycles. The van der Waals surface area contributed by atoms with Crippen molar-refractivity contribution in [3.05, 3.63) is 28.5 Å². The quantitative estimate of drug-likeness (QED) is 0.704. The molecule has 2 N–H and O–H groups in total. The van der Waals surface area contributed by atoms with Crippen molar-refractivity contribution in [2.45, 2.75) is 31.3 Å². The smallest absolute Gasteiger partial charge is 0.243 e. The molecule has 0 heterocycles. The summed E-state index contributed by atoms with van der Waals surface area (Å²) < 4.78 is 41.0. The van der Waals surface area contributed by atoms with Crippen molar-refractivity contribution in [2.24, 2.45) is 0 Å². The summed E-state index contributed by atoms with van der Waals surface area (Å²) in [5, 5.41) is 3.24. The van der Waals surface area contributed by atoms with Crippen LogP contribution in [0.15, 0.2) is 17.0 Å². The minimum absolute atomic E-state index is 0.156. The third-order valence-corrected chi connectivity index (χ3v) is 4.96. The van der Waals surface area contributed by atoms with Crippen LogP contribution in [0, 0.1) is 5.82 Å². The van der Waals surface area contributed by atoms with E-state index in [1.54, 1.807) is 0 Å². The van der Waals surface area contributed by atoms with Gasteiger partial charge < -0.3 is 5.32 Å². The first-order chi connectivity index (χ1) is 9.77. The van der Waals surface area contributed by atoms with Crippen molar-refractivity contribution >= 4 is 33.4 Å². The lowest BCUT2D eigenvalue weighted by molar-refractivity contribution is 0.529. The first-order valence-corrected chi connectivity index (χ1v) is 9.73. The average molecular weight is 355 g/mol. The number of hydrogen-bond donors (Lipinski definition) is 2. The number of rotatable bonds is 8. The standard InChI is InChI=1S/C13H20ClFN2O2S2/c1-9(2)16-8-10-6-11(14)7-12(13(10)15)21(18,19)17-4-5-20-3/h6-7,9,16-17H,4-5,8H2,1-3H3. The molecule has 1 aromatic carbocycles. The molecule has 0 aliphatic rings. The zero-order chi connectivity index (χ0) is 16.0. The van der Waals surface area contributed by atoms with Crippen LogP contribution in [0.2, 0.25) is 5.02 Å². The molecule has 21 heavy (non-hydrogen) atoms. The van der Waals surface area contributed by atoms with Crippen LogP contribution in [0.4, 0.5) is 4.39 Å². The van der Waals surface area contributed by atoms with Gasteiger partial charge in [-0.15, -0.1) is 0 Å². The zero-order valence-electron chi connectivity index (χ0n) is 12.2. The van der Waals surface area contributed by atoms with Crippen LogP contribution in [0.5, 0.6) is 0 Å². The molecule has 0 unspecified atom stereocenters. The third-order valence-electron chi connectivity index (χ3n) is 2.67. The minimum Gasteiger partial charge on any atom is -0.310 e. The van der Waals surface area contributed by atoms with E-state index in [-0.39, 0.29) is 29.7 Å². The van der Waals surface area contributed by atoms with Crippen LogP contribution in [0.1, 0.15) is 19.4 Å². The Morgan fingerprint density at radius 2 is 2.05 bits per heavy atom. The lowest BCUT2D eigenvalue weighted by atomic mass is 10.2. The molecule has 1 rings (SSSR count). The van der Waals surface area contributed by atoms with Crippen molar-refractivity contribution in [1.82, 2.24) is 10.0 Å². The van der Waals surface area contributed by atoms with Crippen molar-refractivity contribution in [2.75, 3.05) is 18.6 Å². The molecule has 0 amide bonds. The first-order valence-electron chi connectivity index (χ1n) is 6.48. The molecule has 0 saturated carbocycles. The fraction of sp³-hybridized carbons (Fsp3) is 0.538. The van der Waals surface area contributed by atoms with Gasteiger partial charge in [0.05, 0.1) is 0 Å². The van der Waals surface area contributed by atoms with Gasteiger partial charge in [-0.1, -0.05) is 25.4 Å². The summed E-state index contributed by atoms with van der Waals surface area (Å²) >= 11 is 7.42. The Morgan fingerprint density at radius 3 is 2.62 bits per heavy atom. The number of thioether (sulfide) groups is 1. The Kier molecular flexibility index (Phi) is 7.42. The van der Waals surface area contributed by atoms with Crippen molar-refractivity contribution in [1.29, 1.82) is 0 Å². The van der Waals surface area contributed by atoms with Gasteiger partial charge in [0.25, 0.3) is 0 Å². The van der Waals surface area contributed by atoms with Gasteiger partial charge in [0.1, 0.15) is 10.7 Å². The molecule has 0 radical (unpaired) electrons. The van der Waals surface area contributed by atoms with Crippen LogP contribution >= 0.6 is 23.4 Å². The molecule has 4 nitrogen and oxygen atoms in total. The van der Waals surface area contributed by atoms with E-state index >= 15 is 0 Å². The maximum atomic E-state index is 14.4. The SMILES string of the molecule is CSCCNS(=O)(=O)c1cc(Cl)cc(CNC(C)C)c1F. The molecule has 0 atom stereocenters. The monoisotopic (exact) mass is 354 g/mol. The second-order valence-electron chi connectivity index (χ2n) is 4.80. The molecule has 0 aliphatic heterocycles. The number of hydrogen-bond acceptors (Lipinski definition) is 4. The predicted octanol–water partition coefficient (Wildman–Crippen LogP) is 2.62. The molecular formula is C13H20ClFN2O2S2. The maximum absolute atomic E-state index is 14.4. The molecule has 0 aromatic heterocycles. The Labute approximate surface area is 134 Å². The lowest BCUT2D eigenvalue weighted by Gasteiger charge is -2.13. The van der Waals surface area contributed by atoms with E-state index in [0.29, 0.717) is 5.75 Å². The van der Waals surface area contributed by atoms with Crippen LogP contribution in [0.3, 0.4) is 0 Å². The van der Waals surface area contributed by atoms with Gasteiger partial charge in [-0.2, -0.15) is 11.8 Å². The van der Waals surface area contributed by atoms with Gasteiger partial charge in [-0.05, 0) is 18.4 Å². The van der Waals surface area contributed by atoms with Gasteiger partial charge in [0.2, 0.25) is 10.0 Å². The minimum atomic E-state index is -3.90. The average Bonchev–Trinajstić information content (AvgIpc) is 2.39. The van der Waals surface area contributed by atoms with Crippen molar-refractivity contribution in [3.8, 4) is 0 Å². The molecule has 0 bridgehead atoms. The Balaban J connectivity index is 3.06. The highest BCUT2D eigenvalue weighted by molar-refractivity contribution is 7.98. The van der Waals surface area contributed by atoms with Gasteiger partial charge in [-0.3, -0.25) is 0 Å². The number of nitrogens with one attached hydrogen (secondary N) is 2.